The zero-order valence-electron chi connectivity index (χ0n) is 9.64. The highest BCUT2D eigenvalue weighted by molar-refractivity contribution is 5.84. The second-order valence-corrected chi connectivity index (χ2v) is 3.50. The van der Waals surface area contributed by atoms with Gasteiger partial charge in [0.2, 0.25) is 0 Å². The molecule has 0 fully saturated rings. The van der Waals surface area contributed by atoms with E-state index in [-0.39, 0.29) is 0 Å². The van der Waals surface area contributed by atoms with Crippen LogP contribution in [0.15, 0.2) is 24.3 Å². The van der Waals surface area contributed by atoms with E-state index in [1.807, 2.05) is 24.3 Å². The van der Waals surface area contributed by atoms with Crippen molar-refractivity contribution in [3.05, 3.63) is 29.8 Å². The molecule has 0 unspecified atom stereocenters. The first-order valence-electron chi connectivity index (χ1n) is 5.23. The first-order chi connectivity index (χ1) is 8.17. The molecule has 17 heavy (non-hydrogen) atoms. The van der Waals surface area contributed by atoms with Crippen molar-refractivity contribution >= 4 is 5.91 Å². The molecular formula is C12H15N3O2. The molecule has 0 aliphatic heterocycles. The zero-order valence-corrected chi connectivity index (χ0v) is 9.64. The molecule has 0 aromatic heterocycles. The number of ether oxygens (including phenoxy) is 1. The lowest BCUT2D eigenvalue weighted by Gasteiger charge is -2.06. The van der Waals surface area contributed by atoms with E-state index < -0.39 is 11.9 Å². The predicted octanol–water partition coefficient (Wildman–Crippen LogP) is 0.205. The molecule has 1 atom stereocenters. The van der Waals surface area contributed by atoms with Gasteiger partial charge in [-0.1, -0.05) is 12.1 Å². The normalized spacial score (nSPS) is 11.4. The minimum Gasteiger partial charge on any atom is -0.497 e. The fourth-order valence-electron chi connectivity index (χ4n) is 1.29. The molecule has 1 amide bonds. The summed E-state index contributed by atoms with van der Waals surface area (Å²) in [4.78, 5) is 11.2. The molecule has 5 heteroatoms. The maximum atomic E-state index is 11.2. The van der Waals surface area contributed by atoms with Gasteiger partial charge in [-0.3, -0.25) is 4.79 Å². The van der Waals surface area contributed by atoms with Crippen LogP contribution in [-0.4, -0.2) is 25.6 Å². The Balaban J connectivity index is 2.36. The fourth-order valence-corrected chi connectivity index (χ4v) is 1.29. The molecule has 0 saturated heterocycles. The Kier molecular flexibility index (Phi) is 4.98. The van der Waals surface area contributed by atoms with Gasteiger partial charge >= 0.3 is 0 Å². The third-order valence-electron chi connectivity index (χ3n) is 2.29. The number of hydrogen-bond acceptors (Lipinski definition) is 4. The number of nitrogens with zero attached hydrogens (tertiary/aromatic N) is 1. The number of methoxy groups -OCH3 is 1. The van der Waals surface area contributed by atoms with Crippen molar-refractivity contribution in [1.29, 1.82) is 5.26 Å². The summed E-state index contributed by atoms with van der Waals surface area (Å²) < 4.78 is 5.04. The van der Waals surface area contributed by atoms with E-state index >= 15 is 0 Å². The van der Waals surface area contributed by atoms with Crippen LogP contribution in [0.25, 0.3) is 0 Å². The molecule has 0 bridgehead atoms. The van der Waals surface area contributed by atoms with E-state index in [4.69, 9.17) is 15.7 Å². The van der Waals surface area contributed by atoms with Crippen LogP contribution < -0.4 is 15.8 Å². The minimum atomic E-state index is -1.09. The van der Waals surface area contributed by atoms with Gasteiger partial charge in [-0.15, -0.1) is 0 Å². The van der Waals surface area contributed by atoms with E-state index in [1.54, 1.807) is 13.2 Å². The SMILES string of the molecule is COc1ccc(CCNC(=O)[C@@H](N)C#N)cc1. The van der Waals surface area contributed by atoms with Gasteiger partial charge in [0.1, 0.15) is 5.75 Å². The zero-order chi connectivity index (χ0) is 12.7. The van der Waals surface area contributed by atoms with E-state index in [0.717, 1.165) is 11.3 Å². The highest BCUT2D eigenvalue weighted by Crippen LogP contribution is 2.11. The molecule has 0 saturated carbocycles. The highest BCUT2D eigenvalue weighted by atomic mass is 16.5. The van der Waals surface area contributed by atoms with E-state index in [2.05, 4.69) is 5.32 Å². The molecule has 1 rings (SSSR count). The molecule has 5 nitrogen and oxygen atoms in total. The average molecular weight is 233 g/mol. The Morgan fingerprint density at radius 3 is 2.71 bits per heavy atom. The van der Waals surface area contributed by atoms with Gasteiger partial charge in [0, 0.05) is 6.54 Å². The lowest BCUT2D eigenvalue weighted by atomic mass is 10.1. The molecular weight excluding hydrogens is 218 g/mol. The highest BCUT2D eigenvalue weighted by Gasteiger charge is 2.10. The van der Waals surface area contributed by atoms with Crippen LogP contribution >= 0.6 is 0 Å². The molecule has 1 aromatic carbocycles. The maximum absolute atomic E-state index is 11.2. The predicted molar refractivity (Wildman–Crippen MR) is 63.3 cm³/mol. The van der Waals surface area contributed by atoms with Crippen LogP contribution in [0, 0.1) is 11.3 Å². The van der Waals surface area contributed by atoms with Crippen molar-refractivity contribution in [3.63, 3.8) is 0 Å². The molecule has 0 radical (unpaired) electrons. The fraction of sp³-hybridized carbons (Fsp3) is 0.333. The van der Waals surface area contributed by atoms with Crippen LogP contribution in [0.2, 0.25) is 0 Å². The number of hydrogen-bond donors (Lipinski definition) is 2. The second-order valence-electron chi connectivity index (χ2n) is 3.50. The van der Waals surface area contributed by atoms with E-state index in [9.17, 15) is 4.79 Å². The third kappa shape index (κ3) is 4.13. The van der Waals surface area contributed by atoms with E-state index in [1.165, 1.54) is 0 Å². The van der Waals surface area contributed by atoms with Gasteiger partial charge in [-0.2, -0.15) is 5.26 Å². The van der Waals surface area contributed by atoms with Crippen molar-refractivity contribution in [3.8, 4) is 11.8 Å². The minimum absolute atomic E-state index is 0.444. The summed E-state index contributed by atoms with van der Waals surface area (Å²) in [5, 5.41) is 11.0. The van der Waals surface area contributed by atoms with Crippen LogP contribution in [0.4, 0.5) is 0 Å². The van der Waals surface area contributed by atoms with Gasteiger partial charge in [-0.25, -0.2) is 0 Å². The van der Waals surface area contributed by atoms with Gasteiger partial charge in [-0.05, 0) is 24.1 Å². The van der Waals surface area contributed by atoms with Crippen molar-refractivity contribution in [2.24, 2.45) is 5.73 Å². The number of benzene rings is 1. The van der Waals surface area contributed by atoms with Crippen molar-refractivity contribution in [2.45, 2.75) is 12.5 Å². The Morgan fingerprint density at radius 2 is 2.18 bits per heavy atom. The quantitative estimate of drug-likeness (QED) is 0.760. The summed E-state index contributed by atoms with van der Waals surface area (Å²) in [7, 11) is 1.61. The first-order valence-corrected chi connectivity index (χ1v) is 5.23. The van der Waals surface area contributed by atoms with Gasteiger partial charge in [0.05, 0.1) is 13.2 Å². The summed E-state index contributed by atoms with van der Waals surface area (Å²) in [6.07, 6.45) is 0.688. The third-order valence-corrected chi connectivity index (χ3v) is 2.29. The number of nitrogens with two attached hydrogens (primary N) is 1. The largest absolute Gasteiger partial charge is 0.497 e. The number of nitrogens with one attached hydrogen (secondary N) is 1. The molecule has 0 aliphatic rings. The molecule has 3 N–H and O–H groups in total. The van der Waals surface area contributed by atoms with Crippen LogP contribution in [-0.2, 0) is 11.2 Å². The Bertz CT molecular complexity index is 409. The number of amides is 1. The van der Waals surface area contributed by atoms with Gasteiger partial charge in [0.15, 0.2) is 6.04 Å². The van der Waals surface area contributed by atoms with Crippen molar-refractivity contribution < 1.29 is 9.53 Å². The maximum Gasteiger partial charge on any atom is 0.251 e. The van der Waals surface area contributed by atoms with Crippen molar-refractivity contribution in [1.82, 2.24) is 5.32 Å². The molecule has 0 spiro atoms. The van der Waals surface area contributed by atoms with Crippen LogP contribution in [0.1, 0.15) is 5.56 Å². The summed E-state index contributed by atoms with van der Waals surface area (Å²) in [6.45, 7) is 0.459. The summed E-state index contributed by atoms with van der Waals surface area (Å²) in [5.41, 5.74) is 6.32. The molecule has 1 aromatic rings. The Morgan fingerprint density at radius 1 is 1.53 bits per heavy atom. The molecule has 90 valence electrons. The number of nitriles is 1. The summed E-state index contributed by atoms with van der Waals surface area (Å²) in [6, 6.07) is 8.16. The topological polar surface area (TPSA) is 88.1 Å². The lowest BCUT2D eigenvalue weighted by Crippen LogP contribution is -2.40. The molecule has 0 heterocycles. The smallest absolute Gasteiger partial charge is 0.251 e. The number of carbonyl (C=O) groups excluding carboxylic acids is 1. The number of carbonyl (C=O) groups is 1. The Labute approximate surface area is 100 Å². The monoisotopic (exact) mass is 233 g/mol. The van der Waals surface area contributed by atoms with Gasteiger partial charge < -0.3 is 15.8 Å². The van der Waals surface area contributed by atoms with Crippen LogP contribution in [0.5, 0.6) is 5.75 Å². The summed E-state index contributed by atoms with van der Waals surface area (Å²) >= 11 is 0. The summed E-state index contributed by atoms with van der Waals surface area (Å²) in [5.74, 6) is 0.352. The Hall–Kier alpha value is -2.06. The average Bonchev–Trinajstić information content (AvgIpc) is 2.38. The van der Waals surface area contributed by atoms with E-state index in [0.29, 0.717) is 13.0 Å². The lowest BCUT2D eigenvalue weighted by molar-refractivity contribution is -0.121. The van der Waals surface area contributed by atoms with Crippen molar-refractivity contribution in [2.75, 3.05) is 13.7 Å². The van der Waals surface area contributed by atoms with Gasteiger partial charge in [0.25, 0.3) is 5.91 Å². The van der Waals surface area contributed by atoms with Crippen LogP contribution in [0.3, 0.4) is 0 Å². The molecule has 0 aliphatic carbocycles. The second kappa shape index (κ2) is 6.51. The number of rotatable bonds is 5. The standard InChI is InChI=1S/C12H15N3O2/c1-17-10-4-2-9(3-5-10)6-7-15-12(16)11(14)8-13/h2-5,11H,6-7,14H2,1H3,(H,15,16)/t11-/m0/s1. The first kappa shape index (κ1) is 13.0.